The molecule has 0 saturated heterocycles. The van der Waals surface area contributed by atoms with E-state index in [9.17, 15) is 4.79 Å². The van der Waals surface area contributed by atoms with Crippen molar-refractivity contribution >= 4 is 22.5 Å². The molecule has 0 aliphatic carbocycles. The molecule has 0 fully saturated rings. The molecule has 0 unspecified atom stereocenters. The zero-order chi connectivity index (χ0) is 20.1. The number of hydrogen-bond acceptors (Lipinski definition) is 3. The summed E-state index contributed by atoms with van der Waals surface area (Å²) in [6.45, 7) is 8.61. The molecule has 0 bridgehead atoms. The lowest BCUT2D eigenvalue weighted by Crippen LogP contribution is -2.10. The van der Waals surface area contributed by atoms with Gasteiger partial charge in [-0.05, 0) is 47.7 Å². The molecular weight excluding hydrogens is 348 g/mol. The van der Waals surface area contributed by atoms with E-state index in [2.05, 4.69) is 55.5 Å². The third-order valence-corrected chi connectivity index (χ3v) is 5.19. The van der Waals surface area contributed by atoms with Gasteiger partial charge in [0.2, 0.25) is 0 Å². The Morgan fingerprint density at radius 2 is 1.79 bits per heavy atom. The molecule has 4 rings (SSSR count). The summed E-state index contributed by atoms with van der Waals surface area (Å²) in [5.41, 5.74) is 7.67. The summed E-state index contributed by atoms with van der Waals surface area (Å²) in [6, 6.07) is 16.3. The molecule has 2 aromatic carbocycles. The van der Waals surface area contributed by atoms with E-state index in [0.717, 1.165) is 33.4 Å². The molecule has 2 heterocycles. The van der Waals surface area contributed by atoms with Crippen LogP contribution in [0.4, 0.5) is 0 Å². The second kappa shape index (κ2) is 6.48. The van der Waals surface area contributed by atoms with E-state index in [1.54, 1.807) is 6.07 Å². The van der Waals surface area contributed by atoms with E-state index in [1.807, 2.05) is 25.3 Å². The maximum Gasteiger partial charge on any atom is 0.337 e. The lowest BCUT2D eigenvalue weighted by molar-refractivity contribution is 0.0601. The standard InChI is InChI=1S/C24H24N2O2/c1-15-13-17(23(27)28-5)14-19-22(15)26-12-6-7-20(26)21(25-19)16-8-10-18(11-9-16)24(2,3)4/h6-14H,1-5H3. The summed E-state index contributed by atoms with van der Waals surface area (Å²) in [5.74, 6) is -0.351. The quantitative estimate of drug-likeness (QED) is 0.434. The maximum atomic E-state index is 12.1. The predicted molar refractivity (Wildman–Crippen MR) is 113 cm³/mol. The fourth-order valence-corrected chi connectivity index (χ4v) is 3.68. The van der Waals surface area contributed by atoms with E-state index in [1.165, 1.54) is 12.7 Å². The molecule has 0 atom stereocenters. The van der Waals surface area contributed by atoms with Gasteiger partial charge in [-0.1, -0.05) is 45.0 Å². The van der Waals surface area contributed by atoms with Crippen molar-refractivity contribution in [2.24, 2.45) is 0 Å². The largest absolute Gasteiger partial charge is 0.465 e. The molecule has 0 saturated carbocycles. The number of carbonyl (C=O) groups excluding carboxylic acids is 1. The summed E-state index contributed by atoms with van der Waals surface area (Å²) in [4.78, 5) is 17.0. The first kappa shape index (κ1) is 18.2. The Labute approximate surface area is 164 Å². The maximum absolute atomic E-state index is 12.1. The highest BCUT2D eigenvalue weighted by Gasteiger charge is 2.17. The van der Waals surface area contributed by atoms with Crippen LogP contribution >= 0.6 is 0 Å². The number of rotatable bonds is 2. The molecule has 142 valence electrons. The number of esters is 1. The second-order valence-electron chi connectivity index (χ2n) is 8.20. The number of aryl methyl sites for hydroxylation is 1. The van der Waals surface area contributed by atoms with Crippen molar-refractivity contribution in [1.82, 2.24) is 9.38 Å². The van der Waals surface area contributed by atoms with Crippen LogP contribution in [-0.2, 0) is 10.2 Å². The molecule has 0 radical (unpaired) electrons. The molecule has 0 aliphatic heterocycles. The van der Waals surface area contributed by atoms with Gasteiger partial charge < -0.3 is 9.14 Å². The number of benzene rings is 2. The number of ether oxygens (including phenoxy) is 1. The average Bonchev–Trinajstić information content (AvgIpc) is 3.15. The molecule has 0 aliphatic rings. The molecule has 2 aromatic heterocycles. The van der Waals surface area contributed by atoms with Crippen LogP contribution < -0.4 is 0 Å². The SMILES string of the molecule is COC(=O)c1cc(C)c2c(c1)nc(-c1ccc(C(C)(C)C)cc1)c1cccn12. The van der Waals surface area contributed by atoms with Gasteiger partial charge in [0.25, 0.3) is 0 Å². The van der Waals surface area contributed by atoms with Gasteiger partial charge in [0.05, 0.1) is 34.9 Å². The summed E-state index contributed by atoms with van der Waals surface area (Å²) in [5, 5.41) is 0. The zero-order valence-corrected chi connectivity index (χ0v) is 16.9. The van der Waals surface area contributed by atoms with Gasteiger partial charge in [-0.2, -0.15) is 0 Å². The van der Waals surface area contributed by atoms with Crippen molar-refractivity contribution in [2.45, 2.75) is 33.1 Å². The van der Waals surface area contributed by atoms with E-state index in [4.69, 9.17) is 9.72 Å². The van der Waals surface area contributed by atoms with Crippen LogP contribution in [-0.4, -0.2) is 22.5 Å². The minimum absolute atomic E-state index is 0.103. The van der Waals surface area contributed by atoms with Crippen molar-refractivity contribution in [1.29, 1.82) is 0 Å². The number of hydrogen-bond donors (Lipinski definition) is 0. The molecule has 0 amide bonds. The Morgan fingerprint density at radius 1 is 1.07 bits per heavy atom. The first-order valence-corrected chi connectivity index (χ1v) is 9.40. The highest BCUT2D eigenvalue weighted by atomic mass is 16.5. The van der Waals surface area contributed by atoms with Crippen molar-refractivity contribution in [3.63, 3.8) is 0 Å². The number of fused-ring (bicyclic) bond motifs is 3. The van der Waals surface area contributed by atoms with Gasteiger partial charge >= 0.3 is 5.97 Å². The van der Waals surface area contributed by atoms with Crippen molar-refractivity contribution < 1.29 is 9.53 Å². The smallest absolute Gasteiger partial charge is 0.337 e. The summed E-state index contributed by atoms with van der Waals surface area (Å²) >= 11 is 0. The van der Waals surface area contributed by atoms with E-state index in [-0.39, 0.29) is 11.4 Å². The number of methoxy groups -OCH3 is 1. The predicted octanol–water partition coefficient (Wildman–Crippen LogP) is 5.55. The average molecular weight is 372 g/mol. The molecule has 4 heteroatoms. The highest BCUT2D eigenvalue weighted by Crippen LogP contribution is 2.31. The topological polar surface area (TPSA) is 43.6 Å². The van der Waals surface area contributed by atoms with E-state index < -0.39 is 0 Å². The van der Waals surface area contributed by atoms with Gasteiger partial charge in [-0.15, -0.1) is 0 Å². The van der Waals surface area contributed by atoms with E-state index >= 15 is 0 Å². The van der Waals surface area contributed by atoms with Crippen molar-refractivity contribution in [3.05, 3.63) is 71.4 Å². The molecule has 28 heavy (non-hydrogen) atoms. The van der Waals surface area contributed by atoms with Gasteiger partial charge in [0.1, 0.15) is 0 Å². The van der Waals surface area contributed by atoms with Gasteiger partial charge in [0.15, 0.2) is 0 Å². The normalized spacial score (nSPS) is 11.9. The van der Waals surface area contributed by atoms with Crippen molar-refractivity contribution in [3.8, 4) is 11.3 Å². The third kappa shape index (κ3) is 2.95. The number of carbonyl (C=O) groups is 1. The van der Waals surface area contributed by atoms with Crippen LogP contribution in [0.15, 0.2) is 54.7 Å². The summed E-state index contributed by atoms with van der Waals surface area (Å²) < 4.78 is 7.04. The van der Waals surface area contributed by atoms with Gasteiger partial charge in [-0.25, -0.2) is 9.78 Å². The number of nitrogens with zero attached hydrogens (tertiary/aromatic N) is 2. The Kier molecular flexibility index (Phi) is 4.22. The Bertz CT molecular complexity index is 1200. The van der Waals surface area contributed by atoms with Crippen LogP contribution in [0, 0.1) is 6.92 Å². The molecular formula is C24H24N2O2. The molecule has 0 N–H and O–H groups in total. The Hall–Kier alpha value is -3.14. The fraction of sp³-hybridized carbons (Fsp3) is 0.250. The third-order valence-electron chi connectivity index (χ3n) is 5.19. The lowest BCUT2D eigenvalue weighted by atomic mass is 9.86. The van der Waals surface area contributed by atoms with Crippen molar-refractivity contribution in [2.75, 3.05) is 7.11 Å². The van der Waals surface area contributed by atoms with Crippen LogP contribution in [0.1, 0.15) is 42.3 Å². The monoisotopic (exact) mass is 372 g/mol. The first-order valence-electron chi connectivity index (χ1n) is 9.40. The Balaban J connectivity index is 1.97. The summed E-state index contributed by atoms with van der Waals surface area (Å²) in [7, 11) is 1.40. The van der Waals surface area contributed by atoms with Crippen LogP contribution in [0.5, 0.6) is 0 Å². The number of aromatic nitrogens is 2. The molecule has 0 spiro atoms. The first-order chi connectivity index (χ1) is 13.3. The van der Waals surface area contributed by atoms with Gasteiger partial charge in [-0.3, -0.25) is 0 Å². The summed E-state index contributed by atoms with van der Waals surface area (Å²) in [6.07, 6.45) is 2.04. The molecule has 4 aromatic rings. The Morgan fingerprint density at radius 3 is 2.43 bits per heavy atom. The lowest BCUT2D eigenvalue weighted by Gasteiger charge is -2.19. The zero-order valence-electron chi connectivity index (χ0n) is 16.9. The highest BCUT2D eigenvalue weighted by molar-refractivity contribution is 5.97. The van der Waals surface area contributed by atoms with Gasteiger partial charge in [0, 0.05) is 11.8 Å². The second-order valence-corrected chi connectivity index (χ2v) is 8.20. The van der Waals surface area contributed by atoms with Crippen LogP contribution in [0.3, 0.4) is 0 Å². The van der Waals surface area contributed by atoms with Crippen LogP contribution in [0.25, 0.3) is 27.8 Å². The fourth-order valence-electron chi connectivity index (χ4n) is 3.68. The minimum Gasteiger partial charge on any atom is -0.465 e. The van der Waals surface area contributed by atoms with Crippen LogP contribution in [0.2, 0.25) is 0 Å². The minimum atomic E-state index is -0.351. The molecule has 4 nitrogen and oxygen atoms in total. The van der Waals surface area contributed by atoms with E-state index in [0.29, 0.717) is 5.56 Å².